The largest absolute Gasteiger partial charge is 0.383 e. The Morgan fingerprint density at radius 2 is 1.64 bits per heavy atom. The molecule has 1 aromatic heterocycles. The molecule has 0 saturated heterocycles. The quantitative estimate of drug-likeness (QED) is 0.755. The number of carbonyl (C=O) groups is 1. The normalized spacial score (nSPS) is 10.5. The molecule has 0 radical (unpaired) electrons. The summed E-state index contributed by atoms with van der Waals surface area (Å²) in [6.07, 6.45) is 0.864. The average Bonchev–Trinajstić information content (AvgIpc) is 2.56. The molecular formula is C21H21N3O. The zero-order valence-electron chi connectivity index (χ0n) is 14.4. The number of benzene rings is 2. The number of pyridine rings is 1. The monoisotopic (exact) mass is 331 g/mol. The van der Waals surface area contributed by atoms with Crippen LogP contribution in [0.15, 0.2) is 60.7 Å². The Morgan fingerprint density at radius 1 is 1.00 bits per heavy atom. The van der Waals surface area contributed by atoms with Gasteiger partial charge in [0, 0.05) is 11.4 Å². The molecule has 0 bridgehead atoms. The van der Waals surface area contributed by atoms with E-state index in [4.69, 9.17) is 5.73 Å². The fraction of sp³-hybridized carbons (Fsp3) is 0.143. The van der Waals surface area contributed by atoms with Gasteiger partial charge in [0.1, 0.15) is 5.82 Å². The van der Waals surface area contributed by atoms with Crippen molar-refractivity contribution in [3.05, 3.63) is 88.6 Å². The van der Waals surface area contributed by atoms with Crippen LogP contribution < -0.4 is 11.1 Å². The number of nitrogen functional groups attached to an aromatic ring is 1. The van der Waals surface area contributed by atoms with Crippen LogP contribution in [0.25, 0.3) is 0 Å². The molecule has 3 rings (SSSR count). The molecule has 0 aliphatic heterocycles. The van der Waals surface area contributed by atoms with Gasteiger partial charge in [0.2, 0.25) is 0 Å². The Labute approximate surface area is 147 Å². The molecule has 2 aromatic carbocycles. The second-order valence-electron chi connectivity index (χ2n) is 6.15. The minimum atomic E-state index is -0.238. The number of aryl methyl sites for hydroxylation is 2. The van der Waals surface area contributed by atoms with Crippen LogP contribution in [0.3, 0.4) is 0 Å². The molecular weight excluding hydrogens is 310 g/mol. The molecule has 0 atom stereocenters. The lowest BCUT2D eigenvalue weighted by Gasteiger charge is -2.11. The molecule has 1 heterocycles. The Hall–Kier alpha value is -3.14. The first kappa shape index (κ1) is 16.7. The Morgan fingerprint density at radius 3 is 2.28 bits per heavy atom. The third-order valence-electron chi connectivity index (χ3n) is 4.06. The zero-order valence-corrected chi connectivity index (χ0v) is 14.4. The molecule has 1 amide bonds. The van der Waals surface area contributed by atoms with Gasteiger partial charge in [0.05, 0.1) is 5.56 Å². The van der Waals surface area contributed by atoms with Gasteiger partial charge in [0.25, 0.3) is 5.91 Å². The molecule has 0 aliphatic rings. The molecule has 0 fully saturated rings. The fourth-order valence-corrected chi connectivity index (χ4v) is 2.89. The molecule has 4 heteroatoms. The minimum Gasteiger partial charge on any atom is -0.383 e. The Kier molecular flexibility index (Phi) is 4.80. The first-order valence-electron chi connectivity index (χ1n) is 8.21. The van der Waals surface area contributed by atoms with Crippen molar-refractivity contribution in [3.8, 4) is 0 Å². The molecule has 0 saturated carbocycles. The third-order valence-corrected chi connectivity index (χ3v) is 4.06. The van der Waals surface area contributed by atoms with Crippen molar-refractivity contribution in [3.63, 3.8) is 0 Å². The van der Waals surface area contributed by atoms with Gasteiger partial charge < -0.3 is 11.1 Å². The summed E-state index contributed by atoms with van der Waals surface area (Å²) in [6, 6.07) is 20.0. The molecule has 4 nitrogen and oxygen atoms in total. The summed E-state index contributed by atoms with van der Waals surface area (Å²) >= 11 is 0. The molecule has 0 aliphatic carbocycles. The summed E-state index contributed by atoms with van der Waals surface area (Å²) in [4.78, 5) is 16.7. The minimum absolute atomic E-state index is 0.238. The maximum atomic E-state index is 12.5. The van der Waals surface area contributed by atoms with Crippen molar-refractivity contribution < 1.29 is 4.79 Å². The highest BCUT2D eigenvalue weighted by Crippen LogP contribution is 2.19. The predicted octanol–water partition coefficient (Wildman–Crippen LogP) is 4.12. The van der Waals surface area contributed by atoms with Gasteiger partial charge in [-0.3, -0.25) is 4.79 Å². The van der Waals surface area contributed by atoms with Crippen molar-refractivity contribution >= 4 is 17.4 Å². The van der Waals surface area contributed by atoms with Crippen LogP contribution in [0.2, 0.25) is 0 Å². The van der Waals surface area contributed by atoms with Crippen LogP contribution in [-0.4, -0.2) is 10.9 Å². The van der Waals surface area contributed by atoms with E-state index in [1.165, 1.54) is 11.1 Å². The van der Waals surface area contributed by atoms with Crippen LogP contribution in [0.5, 0.6) is 0 Å². The SMILES string of the molecule is Cc1cc(C)c(C(=O)Nc2ccc(Cc3ccccc3)cc2)c(N)n1. The Balaban J connectivity index is 1.72. The summed E-state index contributed by atoms with van der Waals surface area (Å²) in [7, 11) is 0. The summed E-state index contributed by atoms with van der Waals surface area (Å²) in [6.45, 7) is 3.72. The first-order chi connectivity index (χ1) is 12.0. The van der Waals surface area contributed by atoms with E-state index in [1.54, 1.807) is 0 Å². The summed E-state index contributed by atoms with van der Waals surface area (Å²) in [5.74, 6) is 0.0222. The van der Waals surface area contributed by atoms with E-state index in [-0.39, 0.29) is 11.7 Å². The number of nitrogens with one attached hydrogen (secondary N) is 1. The van der Waals surface area contributed by atoms with Crippen molar-refractivity contribution in [2.75, 3.05) is 11.1 Å². The molecule has 126 valence electrons. The maximum Gasteiger partial charge on any atom is 0.259 e. The maximum absolute atomic E-state index is 12.5. The number of aromatic nitrogens is 1. The van der Waals surface area contributed by atoms with Crippen LogP contribution >= 0.6 is 0 Å². The van der Waals surface area contributed by atoms with E-state index in [2.05, 4.69) is 22.4 Å². The van der Waals surface area contributed by atoms with Crippen molar-refractivity contribution in [2.45, 2.75) is 20.3 Å². The van der Waals surface area contributed by atoms with E-state index in [9.17, 15) is 4.79 Å². The van der Waals surface area contributed by atoms with E-state index in [0.717, 1.165) is 23.4 Å². The highest BCUT2D eigenvalue weighted by molar-refractivity contribution is 6.08. The van der Waals surface area contributed by atoms with Gasteiger partial charge in [0.15, 0.2) is 0 Å². The molecule has 0 spiro atoms. The van der Waals surface area contributed by atoms with Gasteiger partial charge in [-0.25, -0.2) is 4.98 Å². The number of nitrogens with two attached hydrogens (primary N) is 1. The smallest absolute Gasteiger partial charge is 0.259 e. The second-order valence-corrected chi connectivity index (χ2v) is 6.15. The summed E-state index contributed by atoms with van der Waals surface area (Å²) < 4.78 is 0. The molecule has 25 heavy (non-hydrogen) atoms. The number of carbonyl (C=O) groups excluding carboxylic acids is 1. The van der Waals surface area contributed by atoms with Gasteiger partial charge in [-0.1, -0.05) is 42.5 Å². The van der Waals surface area contributed by atoms with Crippen molar-refractivity contribution in [2.24, 2.45) is 0 Å². The van der Waals surface area contributed by atoms with Gasteiger partial charge >= 0.3 is 0 Å². The molecule has 3 aromatic rings. The Bertz CT molecular complexity index is 864. The third kappa shape index (κ3) is 4.04. The van der Waals surface area contributed by atoms with E-state index in [1.807, 2.05) is 62.4 Å². The lowest BCUT2D eigenvalue weighted by molar-refractivity contribution is 0.102. The van der Waals surface area contributed by atoms with Crippen LogP contribution in [0, 0.1) is 13.8 Å². The van der Waals surface area contributed by atoms with Gasteiger partial charge in [-0.15, -0.1) is 0 Å². The molecule has 0 unspecified atom stereocenters. The number of rotatable bonds is 4. The van der Waals surface area contributed by atoms with Crippen molar-refractivity contribution in [1.29, 1.82) is 0 Å². The second kappa shape index (κ2) is 7.18. The summed E-state index contributed by atoms with van der Waals surface area (Å²) in [5.41, 5.74) is 11.2. The predicted molar refractivity (Wildman–Crippen MR) is 102 cm³/mol. The topological polar surface area (TPSA) is 68.0 Å². The van der Waals surface area contributed by atoms with Gasteiger partial charge in [-0.2, -0.15) is 0 Å². The highest BCUT2D eigenvalue weighted by Gasteiger charge is 2.15. The van der Waals surface area contributed by atoms with E-state index >= 15 is 0 Å². The van der Waals surface area contributed by atoms with Crippen LogP contribution in [0.4, 0.5) is 11.5 Å². The number of amides is 1. The fourth-order valence-electron chi connectivity index (χ4n) is 2.89. The van der Waals surface area contributed by atoms with Crippen LogP contribution in [0.1, 0.15) is 32.7 Å². The standard InChI is InChI=1S/C21H21N3O/c1-14-12-15(2)23-20(22)19(14)21(25)24-18-10-8-17(9-11-18)13-16-6-4-3-5-7-16/h3-12H,13H2,1-2H3,(H2,22,23)(H,24,25). The number of nitrogens with zero attached hydrogens (tertiary/aromatic N) is 1. The zero-order chi connectivity index (χ0) is 17.8. The molecule has 3 N–H and O–H groups in total. The number of hydrogen-bond donors (Lipinski definition) is 2. The first-order valence-corrected chi connectivity index (χ1v) is 8.21. The van der Waals surface area contributed by atoms with Crippen LogP contribution in [-0.2, 0) is 6.42 Å². The van der Waals surface area contributed by atoms with Crippen molar-refractivity contribution in [1.82, 2.24) is 4.98 Å². The highest BCUT2D eigenvalue weighted by atomic mass is 16.1. The van der Waals surface area contributed by atoms with Gasteiger partial charge in [-0.05, 0) is 55.2 Å². The number of anilines is 2. The van der Waals surface area contributed by atoms with E-state index < -0.39 is 0 Å². The lowest BCUT2D eigenvalue weighted by atomic mass is 10.0. The number of hydrogen-bond acceptors (Lipinski definition) is 3. The average molecular weight is 331 g/mol. The van der Waals surface area contributed by atoms with E-state index in [0.29, 0.717) is 5.56 Å². The lowest BCUT2D eigenvalue weighted by Crippen LogP contribution is -2.17. The summed E-state index contributed by atoms with van der Waals surface area (Å²) in [5, 5.41) is 2.89.